The van der Waals surface area contributed by atoms with Crippen molar-refractivity contribution in [3.05, 3.63) is 0 Å². The molecule has 0 aromatic rings. The average molecular weight is 392 g/mol. The van der Waals surface area contributed by atoms with Crippen LogP contribution < -0.4 is 5.32 Å². The van der Waals surface area contributed by atoms with Crippen molar-refractivity contribution >= 4 is 11.8 Å². The molecular weight excluding hydrogens is 350 g/mol. The minimum atomic E-state index is -0.213. The van der Waals surface area contributed by atoms with Gasteiger partial charge in [0.15, 0.2) is 0 Å². The Balaban J connectivity index is 1.72. The van der Waals surface area contributed by atoms with E-state index in [1.807, 2.05) is 0 Å². The van der Waals surface area contributed by atoms with Gasteiger partial charge in [-0.25, -0.2) is 0 Å². The third-order valence-corrected chi connectivity index (χ3v) is 7.69. The Kier molecular flexibility index (Phi) is 6.43. The molecule has 5 heteroatoms. The zero-order chi connectivity index (χ0) is 20.5. The van der Waals surface area contributed by atoms with Crippen molar-refractivity contribution in [2.45, 2.75) is 66.7 Å². The van der Waals surface area contributed by atoms with Crippen molar-refractivity contribution in [1.82, 2.24) is 15.1 Å². The maximum atomic E-state index is 13.3. The standard InChI is InChI=1S/C23H41N3O2/c1-6-25-15-19-22(9-11-26(12-10-22)20(27)13-17(2)3)7-8-23(19,16-25)21(28)24-14-18(4)5/h17-19H,6-16H2,1-5H3,(H,24,28)/t19-,23+/m0/s1. The normalized spacial score (nSPS) is 29.7. The van der Waals surface area contributed by atoms with Gasteiger partial charge in [-0.3, -0.25) is 9.59 Å². The summed E-state index contributed by atoms with van der Waals surface area (Å²) in [7, 11) is 0. The minimum Gasteiger partial charge on any atom is -0.355 e. The monoisotopic (exact) mass is 391 g/mol. The van der Waals surface area contributed by atoms with Crippen molar-refractivity contribution in [2.24, 2.45) is 28.6 Å². The van der Waals surface area contributed by atoms with E-state index in [1.165, 1.54) is 0 Å². The van der Waals surface area contributed by atoms with E-state index in [4.69, 9.17) is 0 Å². The van der Waals surface area contributed by atoms with E-state index in [0.29, 0.717) is 30.1 Å². The van der Waals surface area contributed by atoms with Crippen LogP contribution in [0.1, 0.15) is 66.7 Å². The van der Waals surface area contributed by atoms with Crippen molar-refractivity contribution in [3.8, 4) is 0 Å². The lowest BCUT2D eigenvalue weighted by atomic mass is 9.65. The molecule has 3 rings (SSSR count). The van der Waals surface area contributed by atoms with Gasteiger partial charge in [0.1, 0.15) is 0 Å². The lowest BCUT2D eigenvalue weighted by Crippen LogP contribution is -2.50. The fourth-order valence-electron chi connectivity index (χ4n) is 6.02. The molecule has 2 amide bonds. The fraction of sp³-hybridized carbons (Fsp3) is 0.913. The Morgan fingerprint density at radius 2 is 1.71 bits per heavy atom. The molecule has 5 nitrogen and oxygen atoms in total. The Hall–Kier alpha value is -1.10. The minimum absolute atomic E-state index is 0.213. The van der Waals surface area contributed by atoms with Crippen LogP contribution in [0.25, 0.3) is 0 Å². The molecule has 2 atom stereocenters. The van der Waals surface area contributed by atoms with E-state index in [2.05, 4.69) is 49.7 Å². The lowest BCUT2D eigenvalue weighted by molar-refractivity contribution is -0.137. The summed E-state index contributed by atoms with van der Waals surface area (Å²) in [5.41, 5.74) is 0.0305. The van der Waals surface area contributed by atoms with Crippen LogP contribution in [0.15, 0.2) is 0 Å². The Labute approximate surface area is 171 Å². The summed E-state index contributed by atoms with van der Waals surface area (Å²) in [6.45, 7) is 16.2. The smallest absolute Gasteiger partial charge is 0.227 e. The highest BCUT2D eigenvalue weighted by Crippen LogP contribution is 2.62. The fourth-order valence-corrected chi connectivity index (χ4v) is 6.02. The molecule has 0 bridgehead atoms. The molecule has 3 fully saturated rings. The number of amides is 2. The average Bonchev–Trinajstić information content (AvgIpc) is 3.17. The summed E-state index contributed by atoms with van der Waals surface area (Å²) < 4.78 is 0. The van der Waals surface area contributed by atoms with Crippen LogP contribution in [0, 0.1) is 28.6 Å². The predicted molar refractivity (Wildman–Crippen MR) is 113 cm³/mol. The summed E-state index contributed by atoms with van der Waals surface area (Å²) in [4.78, 5) is 30.4. The predicted octanol–water partition coefficient (Wildman–Crippen LogP) is 3.15. The van der Waals surface area contributed by atoms with E-state index in [1.54, 1.807) is 0 Å². The summed E-state index contributed by atoms with van der Waals surface area (Å²) in [5, 5.41) is 3.27. The maximum absolute atomic E-state index is 13.3. The van der Waals surface area contributed by atoms with Crippen LogP contribution in [-0.2, 0) is 9.59 Å². The molecular formula is C23H41N3O2. The zero-order valence-electron chi connectivity index (χ0n) is 18.7. The number of piperidine rings is 1. The largest absolute Gasteiger partial charge is 0.355 e. The van der Waals surface area contributed by atoms with Gasteiger partial charge in [0.2, 0.25) is 11.8 Å². The van der Waals surface area contributed by atoms with Gasteiger partial charge < -0.3 is 15.1 Å². The third kappa shape index (κ3) is 3.96. The molecule has 3 aliphatic rings. The molecule has 2 heterocycles. The highest BCUT2D eigenvalue weighted by molar-refractivity contribution is 5.84. The number of carbonyl (C=O) groups is 2. The maximum Gasteiger partial charge on any atom is 0.227 e. The van der Waals surface area contributed by atoms with E-state index in [9.17, 15) is 9.59 Å². The zero-order valence-corrected chi connectivity index (χ0v) is 18.7. The second-order valence-electron chi connectivity index (χ2n) is 10.5. The van der Waals surface area contributed by atoms with Crippen LogP contribution in [0.3, 0.4) is 0 Å². The van der Waals surface area contributed by atoms with Gasteiger partial charge in [-0.1, -0.05) is 34.6 Å². The van der Waals surface area contributed by atoms with Gasteiger partial charge in [-0.2, -0.15) is 0 Å². The number of hydrogen-bond donors (Lipinski definition) is 1. The first-order valence-electron chi connectivity index (χ1n) is 11.5. The summed E-state index contributed by atoms with van der Waals surface area (Å²) in [6.07, 6.45) is 4.95. The van der Waals surface area contributed by atoms with E-state index in [0.717, 1.165) is 65.0 Å². The summed E-state index contributed by atoms with van der Waals surface area (Å²) in [6, 6.07) is 0. The van der Waals surface area contributed by atoms with Crippen molar-refractivity contribution in [2.75, 3.05) is 39.3 Å². The quantitative estimate of drug-likeness (QED) is 0.757. The molecule has 0 unspecified atom stereocenters. The van der Waals surface area contributed by atoms with Crippen LogP contribution in [0.4, 0.5) is 0 Å². The summed E-state index contributed by atoms with van der Waals surface area (Å²) >= 11 is 0. The molecule has 0 aromatic carbocycles. The van der Waals surface area contributed by atoms with Crippen molar-refractivity contribution in [3.63, 3.8) is 0 Å². The number of nitrogens with zero attached hydrogens (tertiary/aromatic N) is 2. The first-order chi connectivity index (χ1) is 13.2. The van der Waals surface area contributed by atoms with Gasteiger partial charge in [-0.15, -0.1) is 0 Å². The van der Waals surface area contributed by atoms with Gasteiger partial charge >= 0.3 is 0 Å². The van der Waals surface area contributed by atoms with E-state index in [-0.39, 0.29) is 16.7 Å². The lowest BCUT2D eigenvalue weighted by Gasteiger charge is -2.44. The number of hydrogen-bond acceptors (Lipinski definition) is 3. The van der Waals surface area contributed by atoms with Gasteiger partial charge in [0.25, 0.3) is 0 Å². The van der Waals surface area contributed by atoms with Crippen LogP contribution >= 0.6 is 0 Å². The van der Waals surface area contributed by atoms with Crippen molar-refractivity contribution in [1.29, 1.82) is 0 Å². The van der Waals surface area contributed by atoms with Gasteiger partial charge in [0, 0.05) is 39.1 Å². The molecule has 0 radical (unpaired) electrons. The topological polar surface area (TPSA) is 52.7 Å². The Bertz CT molecular complexity index is 580. The highest BCUT2D eigenvalue weighted by atomic mass is 16.2. The highest BCUT2D eigenvalue weighted by Gasteiger charge is 2.64. The van der Waals surface area contributed by atoms with E-state index >= 15 is 0 Å². The molecule has 1 N–H and O–H groups in total. The first-order valence-corrected chi connectivity index (χ1v) is 11.5. The Morgan fingerprint density at radius 1 is 1.04 bits per heavy atom. The molecule has 1 aliphatic carbocycles. The van der Waals surface area contributed by atoms with Gasteiger partial charge in [0.05, 0.1) is 5.41 Å². The number of rotatable bonds is 6. The molecule has 1 spiro atoms. The van der Waals surface area contributed by atoms with Gasteiger partial charge in [-0.05, 0) is 55.4 Å². The SMILES string of the molecule is CCN1C[C@H]2C3(CCN(C(=O)CC(C)C)CC3)CC[C@@]2(C(=O)NCC(C)C)C1. The molecule has 0 aromatic heterocycles. The number of carbonyl (C=O) groups excluding carboxylic acids is 2. The molecule has 1 saturated carbocycles. The van der Waals surface area contributed by atoms with Crippen LogP contribution in [0.2, 0.25) is 0 Å². The van der Waals surface area contributed by atoms with E-state index < -0.39 is 0 Å². The Morgan fingerprint density at radius 3 is 2.29 bits per heavy atom. The van der Waals surface area contributed by atoms with Crippen molar-refractivity contribution < 1.29 is 9.59 Å². The second kappa shape index (κ2) is 8.33. The number of likely N-dealkylation sites (tertiary alicyclic amines) is 2. The van der Waals surface area contributed by atoms with Crippen LogP contribution in [0.5, 0.6) is 0 Å². The number of fused-ring (bicyclic) bond motifs is 2. The second-order valence-corrected chi connectivity index (χ2v) is 10.5. The molecule has 28 heavy (non-hydrogen) atoms. The number of nitrogens with one attached hydrogen (secondary N) is 1. The first kappa shape index (κ1) is 21.6. The summed E-state index contributed by atoms with van der Waals surface area (Å²) in [5.74, 6) is 1.94. The molecule has 2 saturated heterocycles. The molecule has 160 valence electrons. The molecule has 2 aliphatic heterocycles. The van der Waals surface area contributed by atoms with Crippen LogP contribution in [-0.4, -0.2) is 60.9 Å². The third-order valence-electron chi connectivity index (χ3n) is 7.69.